The molecule has 0 fully saturated rings. The van der Waals surface area contributed by atoms with Gasteiger partial charge in [-0.2, -0.15) is 0 Å². The second kappa shape index (κ2) is 3.60. The SMILES string of the molecule is CC(C)CCc1ccc(S(F)(F)(F)(F)F)cc1. The maximum atomic E-state index is 12.4. The fourth-order valence-electron chi connectivity index (χ4n) is 1.37. The molecular formula is C11H15F5S. The fraction of sp³-hybridized carbons (Fsp3) is 0.455. The summed E-state index contributed by atoms with van der Waals surface area (Å²) in [5.41, 5.74) is 0.643. The summed E-state index contributed by atoms with van der Waals surface area (Å²) in [7, 11) is -9.50. The second-order valence-electron chi connectivity index (χ2n) is 4.55. The molecule has 0 aromatic heterocycles. The first-order valence-corrected chi connectivity index (χ1v) is 7.16. The zero-order valence-corrected chi connectivity index (χ0v) is 10.4. The number of halogens is 5. The van der Waals surface area contributed by atoms with Gasteiger partial charge in [-0.05, 0) is 36.5 Å². The topological polar surface area (TPSA) is 0 Å². The van der Waals surface area contributed by atoms with Crippen molar-refractivity contribution in [2.24, 2.45) is 5.92 Å². The lowest BCUT2D eigenvalue weighted by Gasteiger charge is -2.40. The molecule has 0 aliphatic heterocycles. The van der Waals surface area contributed by atoms with Gasteiger partial charge in [-0.1, -0.05) is 45.4 Å². The third-order valence-electron chi connectivity index (χ3n) is 2.38. The molecule has 0 unspecified atom stereocenters. The predicted molar refractivity (Wildman–Crippen MR) is 61.0 cm³/mol. The van der Waals surface area contributed by atoms with E-state index in [0.717, 1.165) is 18.6 Å². The van der Waals surface area contributed by atoms with Crippen molar-refractivity contribution in [3.8, 4) is 0 Å². The van der Waals surface area contributed by atoms with E-state index < -0.39 is 15.1 Å². The van der Waals surface area contributed by atoms with E-state index in [1.807, 2.05) is 13.8 Å². The Labute approximate surface area is 97.6 Å². The molecule has 0 bridgehead atoms. The van der Waals surface area contributed by atoms with Gasteiger partial charge in [-0.25, -0.2) is 0 Å². The Morgan fingerprint density at radius 3 is 1.76 bits per heavy atom. The highest BCUT2D eigenvalue weighted by atomic mass is 32.5. The molecule has 0 heterocycles. The van der Waals surface area contributed by atoms with E-state index >= 15 is 0 Å². The van der Waals surface area contributed by atoms with E-state index in [1.54, 1.807) is 0 Å². The minimum atomic E-state index is -9.50. The summed E-state index contributed by atoms with van der Waals surface area (Å²) in [5, 5.41) is 0. The van der Waals surface area contributed by atoms with Crippen LogP contribution in [0.1, 0.15) is 25.8 Å². The number of rotatable bonds is 4. The van der Waals surface area contributed by atoms with Crippen LogP contribution in [0.5, 0.6) is 0 Å². The maximum absolute atomic E-state index is 12.4. The zero-order chi connectivity index (χ0) is 13.4. The Bertz CT molecular complexity index is 389. The molecule has 1 aromatic carbocycles. The molecular weight excluding hydrogens is 259 g/mol. The van der Waals surface area contributed by atoms with Gasteiger partial charge in [0, 0.05) is 0 Å². The van der Waals surface area contributed by atoms with Gasteiger partial charge in [0.25, 0.3) is 0 Å². The molecule has 0 saturated heterocycles. The molecule has 0 spiro atoms. The van der Waals surface area contributed by atoms with E-state index in [2.05, 4.69) is 0 Å². The van der Waals surface area contributed by atoms with Gasteiger partial charge in [0.2, 0.25) is 0 Å². The first-order valence-electron chi connectivity index (χ1n) is 5.21. The fourth-order valence-corrected chi connectivity index (χ4v) is 2.02. The van der Waals surface area contributed by atoms with Gasteiger partial charge < -0.3 is 0 Å². The highest BCUT2D eigenvalue weighted by Gasteiger charge is 2.65. The van der Waals surface area contributed by atoms with Crippen molar-refractivity contribution in [1.29, 1.82) is 0 Å². The molecule has 0 radical (unpaired) electrons. The molecule has 0 N–H and O–H groups in total. The first-order chi connectivity index (χ1) is 7.38. The molecule has 0 aliphatic carbocycles. The van der Waals surface area contributed by atoms with Crippen LogP contribution in [0.3, 0.4) is 0 Å². The molecule has 0 atom stereocenters. The smallest absolute Gasteiger partial charge is 0.0936 e. The van der Waals surface area contributed by atoms with Crippen LogP contribution in [0.25, 0.3) is 0 Å². The molecule has 6 heteroatoms. The van der Waals surface area contributed by atoms with E-state index in [9.17, 15) is 19.4 Å². The molecule has 17 heavy (non-hydrogen) atoms. The van der Waals surface area contributed by atoms with Gasteiger partial charge in [0.15, 0.2) is 0 Å². The minimum Gasteiger partial charge on any atom is -0.0936 e. The van der Waals surface area contributed by atoms with Gasteiger partial charge >= 0.3 is 10.2 Å². The highest BCUT2D eigenvalue weighted by molar-refractivity contribution is 8.45. The quantitative estimate of drug-likeness (QED) is 0.597. The predicted octanol–water partition coefficient (Wildman–Crippen LogP) is 5.93. The first kappa shape index (κ1) is 14.3. The van der Waals surface area contributed by atoms with E-state index in [1.165, 1.54) is 0 Å². The molecule has 100 valence electrons. The van der Waals surface area contributed by atoms with Crippen molar-refractivity contribution in [2.45, 2.75) is 31.6 Å². The average molecular weight is 274 g/mol. The normalized spacial score (nSPS) is 16.7. The summed E-state index contributed by atoms with van der Waals surface area (Å²) in [5.74, 6) is 0.422. The van der Waals surface area contributed by atoms with E-state index in [4.69, 9.17) is 0 Å². The monoisotopic (exact) mass is 274 g/mol. The minimum absolute atomic E-state index is 0.422. The van der Waals surface area contributed by atoms with Crippen LogP contribution >= 0.6 is 10.2 Å². The van der Waals surface area contributed by atoms with Crippen molar-refractivity contribution in [1.82, 2.24) is 0 Å². The van der Waals surface area contributed by atoms with E-state index in [0.29, 0.717) is 30.0 Å². The van der Waals surface area contributed by atoms with Crippen LogP contribution in [-0.2, 0) is 6.42 Å². The number of hydrogen-bond acceptors (Lipinski definition) is 0. The Balaban J connectivity index is 2.91. The van der Waals surface area contributed by atoms with Crippen LogP contribution in [0, 0.1) is 5.92 Å². The lowest BCUT2D eigenvalue weighted by molar-refractivity contribution is 0.364. The molecule has 0 nitrogen and oxygen atoms in total. The summed E-state index contributed by atoms with van der Waals surface area (Å²) in [4.78, 5) is -1.82. The molecule has 0 aliphatic rings. The van der Waals surface area contributed by atoms with Crippen molar-refractivity contribution in [2.75, 3.05) is 0 Å². The summed E-state index contributed by atoms with van der Waals surface area (Å²) in [6.07, 6.45) is 1.41. The second-order valence-corrected chi connectivity index (χ2v) is 6.95. The number of aryl methyl sites for hydroxylation is 1. The summed E-state index contributed by atoms with van der Waals surface area (Å²) >= 11 is 0. The Morgan fingerprint density at radius 1 is 0.941 bits per heavy atom. The molecule has 0 saturated carbocycles. The van der Waals surface area contributed by atoms with Crippen LogP contribution in [-0.4, -0.2) is 0 Å². The van der Waals surface area contributed by atoms with Crippen LogP contribution in [0.4, 0.5) is 19.4 Å². The molecule has 1 aromatic rings. The molecule has 0 amide bonds. The van der Waals surface area contributed by atoms with Crippen molar-refractivity contribution in [3.63, 3.8) is 0 Å². The van der Waals surface area contributed by atoms with Gasteiger partial charge in [-0.15, -0.1) is 0 Å². The summed E-state index contributed by atoms with van der Waals surface area (Å²) in [6.45, 7) is 3.98. The highest BCUT2D eigenvalue weighted by Crippen LogP contribution is 3.02. The third-order valence-corrected chi connectivity index (χ3v) is 3.54. The van der Waals surface area contributed by atoms with Crippen molar-refractivity contribution in [3.05, 3.63) is 29.8 Å². The van der Waals surface area contributed by atoms with Crippen LogP contribution < -0.4 is 0 Å². The lowest BCUT2D eigenvalue weighted by Crippen LogP contribution is -2.05. The zero-order valence-electron chi connectivity index (χ0n) is 9.60. The Hall–Kier alpha value is -0.780. The van der Waals surface area contributed by atoms with Crippen molar-refractivity contribution < 1.29 is 19.4 Å². The molecule has 1 rings (SSSR count). The largest absolute Gasteiger partial charge is 0.310 e. The van der Waals surface area contributed by atoms with Gasteiger partial charge in [0.05, 0.1) is 0 Å². The van der Waals surface area contributed by atoms with E-state index in [-0.39, 0.29) is 0 Å². The average Bonchev–Trinajstić information content (AvgIpc) is 2.12. The number of benzene rings is 1. The Kier molecular flexibility index (Phi) is 3.03. The van der Waals surface area contributed by atoms with Gasteiger partial charge in [-0.3, -0.25) is 0 Å². The van der Waals surface area contributed by atoms with Crippen molar-refractivity contribution >= 4 is 10.2 Å². The van der Waals surface area contributed by atoms with Crippen LogP contribution in [0.15, 0.2) is 29.2 Å². The summed E-state index contributed by atoms with van der Waals surface area (Å²) < 4.78 is 62.0. The van der Waals surface area contributed by atoms with Crippen LogP contribution in [0.2, 0.25) is 0 Å². The van der Waals surface area contributed by atoms with Gasteiger partial charge in [0.1, 0.15) is 4.90 Å². The standard InChI is InChI=1S/C11H15F5S/c1-9(2)3-4-10-5-7-11(8-6-10)17(12,13,14,15)16/h5-9H,3-4H2,1-2H3. The number of hydrogen-bond donors (Lipinski definition) is 0. The third kappa shape index (κ3) is 4.53. The maximum Gasteiger partial charge on any atom is 0.310 e. The Morgan fingerprint density at radius 2 is 1.41 bits per heavy atom. The summed E-state index contributed by atoms with van der Waals surface area (Å²) in [6, 6.07) is 3.18. The lowest BCUT2D eigenvalue weighted by atomic mass is 10.0.